The predicted octanol–water partition coefficient (Wildman–Crippen LogP) is 2.72. The van der Waals surface area contributed by atoms with Crippen molar-refractivity contribution in [3.05, 3.63) is 0 Å². The number of likely N-dealkylation sites (tertiary alicyclic amines) is 1. The van der Waals surface area contributed by atoms with E-state index in [0.29, 0.717) is 12.8 Å². The SMILES string of the molecule is CCC(C#N)(CC)C(=O)N1CCCCCC1. The van der Waals surface area contributed by atoms with E-state index in [9.17, 15) is 10.1 Å². The van der Waals surface area contributed by atoms with Gasteiger partial charge < -0.3 is 4.90 Å². The maximum atomic E-state index is 12.4. The highest BCUT2D eigenvalue weighted by atomic mass is 16.2. The van der Waals surface area contributed by atoms with Gasteiger partial charge in [-0.3, -0.25) is 4.79 Å². The number of nitriles is 1. The monoisotopic (exact) mass is 222 g/mol. The maximum Gasteiger partial charge on any atom is 0.243 e. The average Bonchev–Trinajstić information content (AvgIpc) is 2.60. The summed E-state index contributed by atoms with van der Waals surface area (Å²) in [5, 5.41) is 9.25. The van der Waals surface area contributed by atoms with Gasteiger partial charge in [0.1, 0.15) is 5.41 Å². The first kappa shape index (κ1) is 13.0. The standard InChI is InChI=1S/C13H22N2O/c1-3-13(4-2,11-14)12(16)15-9-7-5-6-8-10-15/h3-10H2,1-2H3. The van der Waals surface area contributed by atoms with Gasteiger partial charge in [-0.15, -0.1) is 0 Å². The Balaban J connectivity index is 2.77. The molecule has 0 aromatic rings. The van der Waals surface area contributed by atoms with Crippen LogP contribution >= 0.6 is 0 Å². The van der Waals surface area contributed by atoms with E-state index in [-0.39, 0.29) is 5.91 Å². The van der Waals surface area contributed by atoms with Crippen molar-refractivity contribution in [2.45, 2.75) is 52.4 Å². The molecule has 1 heterocycles. The Bertz CT molecular complexity index is 268. The zero-order chi connectivity index (χ0) is 12.0. The second-order valence-corrected chi connectivity index (χ2v) is 4.61. The van der Waals surface area contributed by atoms with Gasteiger partial charge in [0, 0.05) is 13.1 Å². The zero-order valence-corrected chi connectivity index (χ0v) is 10.5. The molecule has 1 saturated heterocycles. The lowest BCUT2D eigenvalue weighted by molar-refractivity contribution is -0.139. The van der Waals surface area contributed by atoms with Crippen LogP contribution in [0.15, 0.2) is 0 Å². The normalized spacial score (nSPS) is 17.7. The van der Waals surface area contributed by atoms with Gasteiger partial charge in [0.05, 0.1) is 6.07 Å². The molecule has 16 heavy (non-hydrogen) atoms. The molecule has 0 spiro atoms. The lowest BCUT2D eigenvalue weighted by Gasteiger charge is -2.30. The first-order valence-electron chi connectivity index (χ1n) is 6.41. The average molecular weight is 222 g/mol. The van der Waals surface area contributed by atoms with Gasteiger partial charge in [0.2, 0.25) is 5.91 Å². The molecule has 3 heteroatoms. The van der Waals surface area contributed by atoms with Crippen LogP contribution in [0.4, 0.5) is 0 Å². The molecular formula is C13H22N2O. The molecule has 3 nitrogen and oxygen atoms in total. The largest absolute Gasteiger partial charge is 0.341 e. The van der Waals surface area contributed by atoms with Crippen LogP contribution in [0.3, 0.4) is 0 Å². The van der Waals surface area contributed by atoms with Crippen LogP contribution in [0.25, 0.3) is 0 Å². The molecular weight excluding hydrogens is 200 g/mol. The number of nitrogens with zero attached hydrogens (tertiary/aromatic N) is 2. The Morgan fingerprint density at radius 2 is 1.69 bits per heavy atom. The van der Waals surface area contributed by atoms with E-state index >= 15 is 0 Å². The van der Waals surface area contributed by atoms with Crippen molar-refractivity contribution in [2.24, 2.45) is 5.41 Å². The molecule has 0 aliphatic carbocycles. The third kappa shape index (κ3) is 2.55. The molecule has 1 aliphatic rings. The second-order valence-electron chi connectivity index (χ2n) is 4.61. The second kappa shape index (κ2) is 5.89. The Hall–Kier alpha value is -1.04. The van der Waals surface area contributed by atoms with Crippen LogP contribution in [0.5, 0.6) is 0 Å². The molecule has 0 N–H and O–H groups in total. The Labute approximate surface area is 98.4 Å². The lowest BCUT2D eigenvalue weighted by Crippen LogP contribution is -2.43. The predicted molar refractivity (Wildman–Crippen MR) is 63.7 cm³/mol. The third-order valence-corrected chi connectivity index (χ3v) is 3.72. The van der Waals surface area contributed by atoms with Crippen molar-refractivity contribution in [1.29, 1.82) is 5.26 Å². The molecule has 0 unspecified atom stereocenters. The van der Waals surface area contributed by atoms with Crippen LogP contribution in [0.1, 0.15) is 52.4 Å². The van der Waals surface area contributed by atoms with Crippen LogP contribution < -0.4 is 0 Å². The number of rotatable bonds is 3. The molecule has 0 bridgehead atoms. The Morgan fingerprint density at radius 3 is 2.06 bits per heavy atom. The van der Waals surface area contributed by atoms with Gasteiger partial charge in [-0.05, 0) is 25.7 Å². The fourth-order valence-electron chi connectivity index (χ4n) is 2.33. The maximum absolute atomic E-state index is 12.4. The summed E-state index contributed by atoms with van der Waals surface area (Å²) in [6, 6.07) is 2.24. The van der Waals surface area contributed by atoms with E-state index in [1.807, 2.05) is 18.7 Å². The van der Waals surface area contributed by atoms with Gasteiger partial charge in [-0.25, -0.2) is 0 Å². The molecule has 1 aliphatic heterocycles. The minimum atomic E-state index is -0.773. The van der Waals surface area contributed by atoms with E-state index in [2.05, 4.69) is 6.07 Å². The molecule has 0 aromatic carbocycles. The van der Waals surface area contributed by atoms with Crippen molar-refractivity contribution < 1.29 is 4.79 Å². The van der Waals surface area contributed by atoms with E-state index < -0.39 is 5.41 Å². The summed E-state index contributed by atoms with van der Waals surface area (Å²) < 4.78 is 0. The van der Waals surface area contributed by atoms with E-state index in [0.717, 1.165) is 25.9 Å². The van der Waals surface area contributed by atoms with Crippen LogP contribution in [-0.4, -0.2) is 23.9 Å². The highest BCUT2D eigenvalue weighted by Crippen LogP contribution is 2.29. The highest BCUT2D eigenvalue weighted by molar-refractivity contribution is 5.85. The fraction of sp³-hybridized carbons (Fsp3) is 0.846. The highest BCUT2D eigenvalue weighted by Gasteiger charge is 2.38. The van der Waals surface area contributed by atoms with Crippen LogP contribution in [-0.2, 0) is 4.79 Å². The lowest BCUT2D eigenvalue weighted by atomic mass is 9.82. The quantitative estimate of drug-likeness (QED) is 0.737. The Kier molecular flexibility index (Phi) is 4.79. The number of hydrogen-bond donors (Lipinski definition) is 0. The zero-order valence-electron chi connectivity index (χ0n) is 10.5. The first-order valence-corrected chi connectivity index (χ1v) is 6.41. The van der Waals surface area contributed by atoms with Crippen molar-refractivity contribution in [3.63, 3.8) is 0 Å². The molecule has 1 amide bonds. The van der Waals surface area contributed by atoms with Gasteiger partial charge in [-0.2, -0.15) is 5.26 Å². The smallest absolute Gasteiger partial charge is 0.243 e. The minimum Gasteiger partial charge on any atom is -0.341 e. The molecule has 90 valence electrons. The van der Waals surface area contributed by atoms with E-state index in [1.165, 1.54) is 12.8 Å². The summed E-state index contributed by atoms with van der Waals surface area (Å²) in [7, 11) is 0. The molecule has 0 atom stereocenters. The number of carbonyl (C=O) groups is 1. The van der Waals surface area contributed by atoms with Crippen molar-refractivity contribution in [1.82, 2.24) is 4.90 Å². The summed E-state index contributed by atoms with van der Waals surface area (Å²) in [6.45, 7) is 5.54. The van der Waals surface area contributed by atoms with Gasteiger partial charge >= 0.3 is 0 Å². The van der Waals surface area contributed by atoms with Crippen LogP contribution in [0.2, 0.25) is 0 Å². The summed E-state index contributed by atoms with van der Waals surface area (Å²) >= 11 is 0. The summed E-state index contributed by atoms with van der Waals surface area (Å²) in [4.78, 5) is 14.3. The fourth-order valence-corrected chi connectivity index (χ4v) is 2.33. The van der Waals surface area contributed by atoms with Crippen molar-refractivity contribution >= 4 is 5.91 Å². The number of hydrogen-bond acceptors (Lipinski definition) is 2. The Morgan fingerprint density at radius 1 is 1.19 bits per heavy atom. The van der Waals surface area contributed by atoms with E-state index in [1.54, 1.807) is 0 Å². The van der Waals surface area contributed by atoms with Crippen LogP contribution in [0, 0.1) is 16.7 Å². The van der Waals surface area contributed by atoms with E-state index in [4.69, 9.17) is 0 Å². The topological polar surface area (TPSA) is 44.1 Å². The molecule has 0 saturated carbocycles. The minimum absolute atomic E-state index is 0.0573. The van der Waals surface area contributed by atoms with Gasteiger partial charge in [0.15, 0.2) is 0 Å². The molecule has 0 radical (unpaired) electrons. The summed E-state index contributed by atoms with van der Waals surface area (Å²) in [6.07, 6.45) is 5.83. The van der Waals surface area contributed by atoms with Crippen molar-refractivity contribution in [2.75, 3.05) is 13.1 Å². The first-order chi connectivity index (χ1) is 7.70. The van der Waals surface area contributed by atoms with Gasteiger partial charge in [-0.1, -0.05) is 26.7 Å². The van der Waals surface area contributed by atoms with Gasteiger partial charge in [0.25, 0.3) is 0 Å². The number of carbonyl (C=O) groups excluding carboxylic acids is 1. The molecule has 0 aromatic heterocycles. The van der Waals surface area contributed by atoms with Crippen molar-refractivity contribution in [3.8, 4) is 6.07 Å². The summed E-state index contributed by atoms with van der Waals surface area (Å²) in [5.74, 6) is 0.0573. The molecule has 1 rings (SSSR count). The third-order valence-electron chi connectivity index (χ3n) is 3.72. The summed E-state index contributed by atoms with van der Waals surface area (Å²) in [5.41, 5.74) is -0.773. The molecule has 1 fully saturated rings. The number of amides is 1.